The van der Waals surface area contributed by atoms with Crippen molar-refractivity contribution in [1.82, 2.24) is 5.48 Å². The van der Waals surface area contributed by atoms with Crippen molar-refractivity contribution in [2.75, 3.05) is 6.61 Å². The number of carbonyl (C=O) groups excluding carboxylic acids is 1. The topological polar surface area (TPSA) is 81.5 Å². The average Bonchev–Trinajstić information content (AvgIpc) is 2.26. The van der Waals surface area contributed by atoms with Crippen molar-refractivity contribution < 1.29 is 27.7 Å². The van der Waals surface area contributed by atoms with E-state index in [1.54, 1.807) is 0 Å². The Labute approximate surface area is 109 Å². The number of alkyl halides is 3. The van der Waals surface area contributed by atoms with Gasteiger partial charge in [0.2, 0.25) is 0 Å². The zero-order chi connectivity index (χ0) is 14.6. The predicted molar refractivity (Wildman–Crippen MR) is 57.6 cm³/mol. The quantitative estimate of drug-likeness (QED) is 0.684. The van der Waals surface area contributed by atoms with Crippen LogP contribution in [0.1, 0.15) is 10.4 Å². The van der Waals surface area contributed by atoms with Gasteiger partial charge >= 0.3 is 6.18 Å². The first-order chi connectivity index (χ1) is 8.72. The Bertz CT molecular complexity index is 507. The highest BCUT2D eigenvalue weighted by Crippen LogP contribution is 2.26. The lowest BCUT2D eigenvalue weighted by Crippen LogP contribution is -2.30. The van der Waals surface area contributed by atoms with Crippen molar-refractivity contribution in [2.24, 2.45) is 0 Å². The van der Waals surface area contributed by atoms with Crippen LogP contribution in [0.25, 0.3) is 0 Å². The molecule has 1 amide bonds. The molecule has 1 N–H and O–H groups in total. The molecule has 0 fully saturated rings. The van der Waals surface area contributed by atoms with Gasteiger partial charge in [-0.15, -0.1) is 0 Å². The van der Waals surface area contributed by atoms with Crippen molar-refractivity contribution in [2.45, 2.75) is 6.18 Å². The minimum Gasteiger partial charge on any atom is -0.267 e. The van der Waals surface area contributed by atoms with Crippen LogP contribution in [0, 0.1) is 10.1 Å². The molecule has 0 saturated carbocycles. The second-order valence-corrected chi connectivity index (χ2v) is 3.63. The Morgan fingerprint density at radius 3 is 2.63 bits per heavy atom. The van der Waals surface area contributed by atoms with Gasteiger partial charge in [-0.1, -0.05) is 17.7 Å². The van der Waals surface area contributed by atoms with Gasteiger partial charge in [-0.2, -0.15) is 13.2 Å². The van der Waals surface area contributed by atoms with E-state index in [4.69, 9.17) is 11.6 Å². The number of carbonyl (C=O) groups is 1. The lowest BCUT2D eigenvalue weighted by atomic mass is 10.1. The maximum atomic E-state index is 11.8. The number of hydrogen-bond acceptors (Lipinski definition) is 4. The first-order valence-corrected chi connectivity index (χ1v) is 5.02. The SMILES string of the molecule is O=C(NOCC(F)(F)F)c1c(Cl)cccc1[N+](=O)[O-]. The fraction of sp³-hybridized carbons (Fsp3) is 0.222. The lowest BCUT2D eigenvalue weighted by molar-refractivity contribution is -0.385. The molecule has 0 radical (unpaired) electrons. The van der Waals surface area contributed by atoms with Gasteiger partial charge < -0.3 is 0 Å². The molecule has 1 rings (SSSR count). The molecule has 0 spiro atoms. The van der Waals surface area contributed by atoms with E-state index in [0.717, 1.165) is 6.07 Å². The number of benzene rings is 1. The van der Waals surface area contributed by atoms with Gasteiger partial charge in [-0.05, 0) is 6.07 Å². The van der Waals surface area contributed by atoms with E-state index in [2.05, 4.69) is 4.84 Å². The van der Waals surface area contributed by atoms with Gasteiger partial charge in [-0.25, -0.2) is 5.48 Å². The van der Waals surface area contributed by atoms with Crippen molar-refractivity contribution >= 4 is 23.2 Å². The number of halogens is 4. The highest BCUT2D eigenvalue weighted by molar-refractivity contribution is 6.34. The van der Waals surface area contributed by atoms with Gasteiger partial charge in [0.15, 0.2) is 6.61 Å². The molecule has 0 saturated heterocycles. The molecule has 0 atom stereocenters. The molecule has 0 aliphatic carbocycles. The van der Waals surface area contributed by atoms with Crippen LogP contribution in [-0.4, -0.2) is 23.6 Å². The van der Waals surface area contributed by atoms with Gasteiger partial charge in [0, 0.05) is 6.07 Å². The molecule has 0 aromatic heterocycles. The van der Waals surface area contributed by atoms with Crippen molar-refractivity contribution in [1.29, 1.82) is 0 Å². The van der Waals surface area contributed by atoms with Crippen LogP contribution in [0.2, 0.25) is 5.02 Å². The van der Waals surface area contributed by atoms with Crippen LogP contribution in [0.4, 0.5) is 18.9 Å². The van der Waals surface area contributed by atoms with Crippen molar-refractivity contribution in [3.05, 3.63) is 38.9 Å². The van der Waals surface area contributed by atoms with E-state index in [1.807, 2.05) is 0 Å². The minimum atomic E-state index is -4.64. The molecule has 0 heterocycles. The fourth-order valence-electron chi connectivity index (χ4n) is 1.12. The summed E-state index contributed by atoms with van der Waals surface area (Å²) in [7, 11) is 0. The van der Waals surface area contributed by atoms with Crippen LogP contribution in [0.5, 0.6) is 0 Å². The van der Waals surface area contributed by atoms with E-state index in [-0.39, 0.29) is 5.02 Å². The lowest BCUT2D eigenvalue weighted by Gasteiger charge is -2.09. The Kier molecular flexibility index (Phi) is 4.67. The van der Waals surface area contributed by atoms with Crippen LogP contribution in [0.3, 0.4) is 0 Å². The third-order valence-corrected chi connectivity index (χ3v) is 2.13. The molecule has 1 aromatic carbocycles. The molecule has 6 nitrogen and oxygen atoms in total. The number of nitro groups is 1. The number of nitrogens with one attached hydrogen (secondary N) is 1. The molecule has 10 heteroatoms. The molecule has 0 aliphatic heterocycles. The highest BCUT2D eigenvalue weighted by atomic mass is 35.5. The van der Waals surface area contributed by atoms with E-state index in [0.29, 0.717) is 0 Å². The smallest absolute Gasteiger partial charge is 0.267 e. The van der Waals surface area contributed by atoms with Gasteiger partial charge in [0.05, 0.1) is 9.95 Å². The second kappa shape index (κ2) is 5.85. The maximum Gasteiger partial charge on any atom is 0.414 e. The summed E-state index contributed by atoms with van der Waals surface area (Å²) in [5, 5.41) is 10.4. The minimum absolute atomic E-state index is 0.276. The average molecular weight is 299 g/mol. The molecule has 0 bridgehead atoms. The largest absolute Gasteiger partial charge is 0.414 e. The van der Waals surface area contributed by atoms with Gasteiger partial charge in [0.1, 0.15) is 5.56 Å². The summed E-state index contributed by atoms with van der Waals surface area (Å²) in [6, 6.07) is 3.41. The van der Waals surface area contributed by atoms with Crippen LogP contribution in [0.15, 0.2) is 18.2 Å². The van der Waals surface area contributed by atoms with Crippen LogP contribution in [-0.2, 0) is 4.84 Å². The van der Waals surface area contributed by atoms with E-state index < -0.39 is 34.9 Å². The first kappa shape index (κ1) is 15.2. The second-order valence-electron chi connectivity index (χ2n) is 3.23. The first-order valence-electron chi connectivity index (χ1n) is 4.64. The summed E-state index contributed by atoms with van der Waals surface area (Å²) in [6.07, 6.45) is -4.64. The van der Waals surface area contributed by atoms with E-state index in [9.17, 15) is 28.1 Å². The summed E-state index contributed by atoms with van der Waals surface area (Å²) in [4.78, 5) is 25.2. The predicted octanol–water partition coefficient (Wildman–Crippen LogP) is 2.47. The third kappa shape index (κ3) is 4.38. The zero-order valence-electron chi connectivity index (χ0n) is 9.03. The Hall–Kier alpha value is -1.87. The summed E-state index contributed by atoms with van der Waals surface area (Å²) < 4.78 is 35.4. The Balaban J connectivity index is 2.85. The Morgan fingerprint density at radius 2 is 2.11 bits per heavy atom. The van der Waals surface area contributed by atoms with Crippen LogP contribution >= 0.6 is 11.6 Å². The summed E-state index contributed by atoms with van der Waals surface area (Å²) in [5.74, 6) is -1.23. The summed E-state index contributed by atoms with van der Waals surface area (Å²) in [5.41, 5.74) is 0.233. The van der Waals surface area contributed by atoms with Crippen molar-refractivity contribution in [3.63, 3.8) is 0 Å². The standard InChI is InChI=1S/C9H6ClF3N2O4/c10-5-2-1-3-6(15(17)18)7(5)8(16)14-19-4-9(11,12)13/h1-3H,4H2,(H,14,16). The number of amides is 1. The van der Waals surface area contributed by atoms with Crippen molar-refractivity contribution in [3.8, 4) is 0 Å². The highest BCUT2D eigenvalue weighted by Gasteiger charge is 2.29. The normalized spacial score (nSPS) is 11.2. The Morgan fingerprint density at radius 1 is 1.47 bits per heavy atom. The third-order valence-electron chi connectivity index (χ3n) is 1.82. The molecular formula is C9H6ClF3N2O4. The number of hydrogen-bond donors (Lipinski definition) is 1. The maximum absolute atomic E-state index is 11.8. The molecular weight excluding hydrogens is 293 g/mol. The van der Waals surface area contributed by atoms with E-state index >= 15 is 0 Å². The van der Waals surface area contributed by atoms with Gasteiger partial charge in [0.25, 0.3) is 11.6 Å². The number of rotatable bonds is 4. The summed E-state index contributed by atoms with van der Waals surface area (Å²) >= 11 is 5.59. The molecule has 0 aliphatic rings. The van der Waals surface area contributed by atoms with Gasteiger partial charge in [-0.3, -0.25) is 19.7 Å². The molecule has 19 heavy (non-hydrogen) atoms. The van der Waals surface area contributed by atoms with Crippen LogP contribution < -0.4 is 5.48 Å². The zero-order valence-corrected chi connectivity index (χ0v) is 9.79. The fourth-order valence-corrected chi connectivity index (χ4v) is 1.38. The number of nitro benzene ring substituents is 1. The number of nitrogens with zero attached hydrogens (tertiary/aromatic N) is 1. The molecule has 104 valence electrons. The molecule has 0 unspecified atom stereocenters. The number of hydroxylamine groups is 1. The van der Waals surface area contributed by atoms with E-state index in [1.165, 1.54) is 17.6 Å². The molecule has 1 aromatic rings. The monoisotopic (exact) mass is 298 g/mol. The summed E-state index contributed by atoms with van der Waals surface area (Å²) in [6.45, 7) is -1.73.